The van der Waals surface area contributed by atoms with Gasteiger partial charge in [-0.2, -0.15) is 5.10 Å². The largest absolute Gasteiger partial charge is 0.374 e. The number of nitrogens with one attached hydrogen (secondary N) is 3. The molecule has 0 aliphatic heterocycles. The number of H-pyrrole nitrogens is 2. The van der Waals surface area contributed by atoms with Gasteiger partial charge in [0.2, 0.25) is 0 Å². The SMILES string of the molecule is CC(C)CC(O)Nc1cncc(-c2ccc3[nH]nc(-c4nc5c(-c6cccc(F)c6F)cncc5[nH]4)c3c2)c1. The van der Waals surface area contributed by atoms with Crippen LogP contribution in [-0.2, 0) is 0 Å². The Morgan fingerprint density at radius 3 is 2.62 bits per heavy atom. The Balaban J connectivity index is 1.39. The van der Waals surface area contributed by atoms with Crippen molar-refractivity contribution in [2.45, 2.75) is 26.5 Å². The Hall–Kier alpha value is -4.70. The summed E-state index contributed by atoms with van der Waals surface area (Å²) in [6, 6.07) is 11.8. The first-order valence-corrected chi connectivity index (χ1v) is 12.5. The van der Waals surface area contributed by atoms with Crippen molar-refractivity contribution in [1.29, 1.82) is 0 Å². The minimum atomic E-state index is -0.951. The highest BCUT2D eigenvalue weighted by atomic mass is 19.2. The third-order valence-corrected chi connectivity index (χ3v) is 6.52. The summed E-state index contributed by atoms with van der Waals surface area (Å²) in [5, 5.41) is 21.7. The maximum atomic E-state index is 14.6. The lowest BCUT2D eigenvalue weighted by atomic mass is 10.0. The molecule has 0 bridgehead atoms. The molecule has 0 spiro atoms. The Kier molecular flexibility index (Phi) is 6.24. The van der Waals surface area contributed by atoms with E-state index in [0.29, 0.717) is 40.5 Å². The number of aliphatic hydroxyl groups is 1. The topological polar surface area (TPSA) is 115 Å². The van der Waals surface area contributed by atoms with E-state index < -0.39 is 17.9 Å². The second-order valence-corrected chi connectivity index (χ2v) is 9.85. The fourth-order valence-electron chi connectivity index (χ4n) is 4.70. The van der Waals surface area contributed by atoms with Gasteiger partial charge in [0.25, 0.3) is 0 Å². The molecule has 4 N–H and O–H groups in total. The molecule has 10 heteroatoms. The van der Waals surface area contributed by atoms with Gasteiger partial charge in [-0.3, -0.25) is 15.1 Å². The van der Waals surface area contributed by atoms with Gasteiger partial charge in [0.05, 0.1) is 29.1 Å². The van der Waals surface area contributed by atoms with E-state index in [1.165, 1.54) is 18.3 Å². The molecule has 0 aliphatic rings. The number of aliphatic hydroxyl groups excluding tert-OH is 1. The van der Waals surface area contributed by atoms with Crippen molar-refractivity contribution < 1.29 is 13.9 Å². The molecule has 196 valence electrons. The lowest BCUT2D eigenvalue weighted by Crippen LogP contribution is -2.20. The van der Waals surface area contributed by atoms with Crippen LogP contribution >= 0.6 is 0 Å². The Labute approximate surface area is 222 Å². The number of rotatable bonds is 7. The number of aromatic nitrogens is 6. The molecule has 4 aromatic heterocycles. The molecule has 0 aliphatic carbocycles. The van der Waals surface area contributed by atoms with Crippen LogP contribution in [0.3, 0.4) is 0 Å². The first kappa shape index (κ1) is 24.6. The normalized spacial score (nSPS) is 12.5. The van der Waals surface area contributed by atoms with Crippen LogP contribution in [0.4, 0.5) is 14.5 Å². The number of imidazole rings is 1. The minimum absolute atomic E-state index is 0.0832. The van der Waals surface area contributed by atoms with Crippen LogP contribution < -0.4 is 5.32 Å². The predicted octanol–water partition coefficient (Wildman–Crippen LogP) is 6.28. The molecule has 0 fully saturated rings. The van der Waals surface area contributed by atoms with Crippen molar-refractivity contribution in [3.8, 4) is 33.8 Å². The molecule has 6 rings (SSSR count). The highest BCUT2D eigenvalue weighted by molar-refractivity contribution is 5.98. The zero-order valence-corrected chi connectivity index (χ0v) is 21.2. The molecule has 1 unspecified atom stereocenters. The minimum Gasteiger partial charge on any atom is -0.374 e. The van der Waals surface area contributed by atoms with Gasteiger partial charge in [0.1, 0.15) is 17.4 Å². The molecule has 4 heterocycles. The number of halogens is 2. The fraction of sp³-hybridized carbons (Fsp3) is 0.172. The van der Waals surface area contributed by atoms with Crippen molar-refractivity contribution in [1.82, 2.24) is 30.1 Å². The number of pyridine rings is 2. The number of hydrogen-bond donors (Lipinski definition) is 4. The molecule has 0 saturated heterocycles. The molecule has 1 atom stereocenters. The summed E-state index contributed by atoms with van der Waals surface area (Å²) in [5.74, 6) is -1.07. The van der Waals surface area contributed by atoms with E-state index in [-0.39, 0.29) is 5.56 Å². The second kappa shape index (κ2) is 9.88. The van der Waals surface area contributed by atoms with Crippen LogP contribution in [-0.4, -0.2) is 41.5 Å². The second-order valence-electron chi connectivity index (χ2n) is 9.85. The Bertz CT molecular complexity index is 1810. The molecule has 0 amide bonds. The third kappa shape index (κ3) is 4.70. The van der Waals surface area contributed by atoms with Gasteiger partial charge in [0.15, 0.2) is 17.5 Å². The maximum absolute atomic E-state index is 14.6. The summed E-state index contributed by atoms with van der Waals surface area (Å²) >= 11 is 0. The highest BCUT2D eigenvalue weighted by Crippen LogP contribution is 2.34. The average Bonchev–Trinajstić information content (AvgIpc) is 3.53. The van der Waals surface area contributed by atoms with Gasteiger partial charge >= 0.3 is 0 Å². The molecule has 2 aromatic carbocycles. The molecule has 39 heavy (non-hydrogen) atoms. The van der Waals surface area contributed by atoms with Crippen LogP contribution in [0.5, 0.6) is 0 Å². The number of nitrogens with zero attached hydrogens (tertiary/aromatic N) is 4. The maximum Gasteiger partial charge on any atom is 0.166 e. The third-order valence-electron chi connectivity index (χ3n) is 6.52. The van der Waals surface area contributed by atoms with E-state index in [1.807, 2.05) is 24.3 Å². The summed E-state index contributed by atoms with van der Waals surface area (Å²) in [5.41, 5.74) is 5.35. The quantitative estimate of drug-likeness (QED) is 0.182. The summed E-state index contributed by atoms with van der Waals surface area (Å²) in [7, 11) is 0. The van der Waals surface area contributed by atoms with Crippen molar-refractivity contribution in [3.63, 3.8) is 0 Å². The number of benzene rings is 2. The monoisotopic (exact) mass is 525 g/mol. The molecular weight excluding hydrogens is 500 g/mol. The van der Waals surface area contributed by atoms with Crippen LogP contribution in [0, 0.1) is 17.6 Å². The fourth-order valence-corrected chi connectivity index (χ4v) is 4.70. The molecule has 0 saturated carbocycles. The van der Waals surface area contributed by atoms with Crippen molar-refractivity contribution in [3.05, 3.63) is 78.9 Å². The van der Waals surface area contributed by atoms with Crippen LogP contribution in [0.2, 0.25) is 0 Å². The van der Waals surface area contributed by atoms with Crippen LogP contribution in [0.15, 0.2) is 67.3 Å². The lowest BCUT2D eigenvalue weighted by Gasteiger charge is -2.16. The number of hydrogen-bond acceptors (Lipinski definition) is 6. The summed E-state index contributed by atoms with van der Waals surface area (Å²) in [6.45, 7) is 4.10. The number of fused-ring (bicyclic) bond motifs is 2. The van der Waals surface area contributed by atoms with E-state index in [2.05, 4.69) is 44.3 Å². The molecule has 8 nitrogen and oxygen atoms in total. The first-order valence-electron chi connectivity index (χ1n) is 12.5. The number of aromatic amines is 2. The van der Waals surface area contributed by atoms with Gasteiger partial charge in [-0.25, -0.2) is 13.8 Å². The summed E-state index contributed by atoms with van der Waals surface area (Å²) in [6.07, 6.45) is 6.44. The van der Waals surface area contributed by atoms with Crippen molar-refractivity contribution in [2.24, 2.45) is 5.92 Å². The van der Waals surface area contributed by atoms with Gasteiger partial charge in [-0.15, -0.1) is 0 Å². The average molecular weight is 526 g/mol. The van der Waals surface area contributed by atoms with Crippen molar-refractivity contribution >= 4 is 27.6 Å². The van der Waals surface area contributed by atoms with E-state index >= 15 is 0 Å². The van der Waals surface area contributed by atoms with Gasteiger partial charge in [-0.1, -0.05) is 32.0 Å². The number of anilines is 1. The molecule has 6 aromatic rings. The Morgan fingerprint density at radius 1 is 0.923 bits per heavy atom. The molecular formula is C29H25F2N7O. The van der Waals surface area contributed by atoms with E-state index in [9.17, 15) is 13.9 Å². The standard InChI is InChI=1S/C29H25F2N7O/c1-15(2)8-25(39)34-18-9-17(11-32-12-18)16-6-7-23-20(10-16)28(38-37-23)29-35-24-14-33-13-21(27(24)36-29)19-4-3-5-22(30)26(19)31/h3-7,9-15,25,34,39H,8H2,1-2H3,(H,35,36)(H,37,38). The van der Waals surface area contributed by atoms with E-state index in [1.54, 1.807) is 18.6 Å². The van der Waals surface area contributed by atoms with E-state index in [0.717, 1.165) is 33.8 Å². The first-order chi connectivity index (χ1) is 18.9. The van der Waals surface area contributed by atoms with E-state index in [4.69, 9.17) is 4.98 Å². The zero-order chi connectivity index (χ0) is 27.1. The lowest BCUT2D eigenvalue weighted by molar-refractivity contribution is 0.176. The van der Waals surface area contributed by atoms with Gasteiger partial charge < -0.3 is 15.4 Å². The Morgan fingerprint density at radius 2 is 1.77 bits per heavy atom. The van der Waals surface area contributed by atoms with Gasteiger partial charge in [-0.05, 0) is 42.2 Å². The zero-order valence-electron chi connectivity index (χ0n) is 21.2. The predicted molar refractivity (Wildman–Crippen MR) is 147 cm³/mol. The summed E-state index contributed by atoms with van der Waals surface area (Å²) < 4.78 is 28.5. The smallest absolute Gasteiger partial charge is 0.166 e. The van der Waals surface area contributed by atoms with Gasteiger partial charge in [0, 0.05) is 34.5 Å². The van der Waals surface area contributed by atoms with Crippen LogP contribution in [0.25, 0.3) is 55.7 Å². The highest BCUT2D eigenvalue weighted by Gasteiger charge is 2.19. The summed E-state index contributed by atoms with van der Waals surface area (Å²) in [4.78, 5) is 16.5. The van der Waals surface area contributed by atoms with Crippen LogP contribution in [0.1, 0.15) is 20.3 Å². The van der Waals surface area contributed by atoms with Crippen molar-refractivity contribution in [2.75, 3.05) is 5.32 Å². The molecule has 0 radical (unpaired) electrons.